The summed E-state index contributed by atoms with van der Waals surface area (Å²) < 4.78 is 54.6. The number of benzene rings is 3. The van der Waals surface area contributed by atoms with Gasteiger partial charge in [-0.05, 0) is 42.0 Å². The van der Waals surface area contributed by atoms with Gasteiger partial charge in [0.1, 0.15) is 0 Å². The molecule has 32 heavy (non-hydrogen) atoms. The molecule has 0 spiro atoms. The third kappa shape index (κ3) is 5.88. The second-order valence-corrected chi connectivity index (χ2v) is 10.7. The Hall–Kier alpha value is -2.86. The highest BCUT2D eigenvalue weighted by atomic mass is 35.5. The Kier molecular flexibility index (Phi) is 6.94. The van der Waals surface area contributed by atoms with Crippen molar-refractivity contribution in [3.63, 3.8) is 0 Å². The Labute approximate surface area is 194 Å². The van der Waals surface area contributed by atoms with Crippen LogP contribution in [-0.2, 0) is 25.8 Å². The molecule has 0 bridgehead atoms. The second kappa shape index (κ2) is 9.33. The van der Waals surface area contributed by atoms with Gasteiger partial charge in [-0.3, -0.25) is 19.6 Å². The lowest BCUT2D eigenvalue weighted by molar-refractivity contribution is -0.384. The molecule has 0 aromatic heterocycles. The van der Waals surface area contributed by atoms with Gasteiger partial charge in [-0.15, -0.1) is 0 Å². The first-order valence-corrected chi connectivity index (χ1v) is 12.7. The minimum absolute atomic E-state index is 0.0447. The summed E-state index contributed by atoms with van der Waals surface area (Å²) in [6, 6.07) is 14.7. The summed E-state index contributed by atoms with van der Waals surface area (Å²) in [4.78, 5) is 10.1. The van der Waals surface area contributed by atoms with E-state index in [0.29, 0.717) is 0 Å². The average molecular weight is 516 g/mol. The lowest BCUT2D eigenvalue weighted by Crippen LogP contribution is -2.16. The molecule has 2 N–H and O–H groups in total. The molecular formula is C19H15Cl2N3O6S2. The van der Waals surface area contributed by atoms with Crippen molar-refractivity contribution in [2.45, 2.75) is 10.6 Å². The molecule has 0 amide bonds. The number of nitrogens with zero attached hydrogens (tertiary/aromatic N) is 1. The lowest BCUT2D eigenvalue weighted by atomic mass is 10.2. The predicted octanol–water partition coefficient (Wildman–Crippen LogP) is 4.64. The first kappa shape index (κ1) is 23.8. The van der Waals surface area contributed by atoms with Crippen molar-refractivity contribution in [3.8, 4) is 0 Å². The third-order valence-electron chi connectivity index (χ3n) is 4.11. The van der Waals surface area contributed by atoms with Crippen LogP contribution in [0.2, 0.25) is 10.0 Å². The average Bonchev–Trinajstić information content (AvgIpc) is 2.71. The molecule has 3 aromatic rings. The van der Waals surface area contributed by atoms with Crippen LogP contribution >= 0.6 is 23.2 Å². The molecule has 168 valence electrons. The number of anilines is 2. The SMILES string of the molecule is O=[N+]([O-])c1cccc(CS(=O)(=O)Nc2ccc(S(=O)(=O)Nc3cccc(Cl)c3Cl)cc2)c1. The van der Waals surface area contributed by atoms with Crippen molar-refractivity contribution < 1.29 is 21.8 Å². The standard InChI is InChI=1S/C19H15Cl2N3O6S2/c20-17-5-2-6-18(19(17)21)23-32(29,30)16-9-7-14(8-10-16)22-31(27,28)12-13-3-1-4-15(11-13)24(25)26/h1-11,22-23H,12H2. The van der Waals surface area contributed by atoms with Gasteiger partial charge in [-0.2, -0.15) is 0 Å². The van der Waals surface area contributed by atoms with E-state index in [2.05, 4.69) is 9.44 Å². The van der Waals surface area contributed by atoms with Crippen LogP contribution in [0, 0.1) is 10.1 Å². The lowest BCUT2D eigenvalue weighted by Gasteiger charge is -2.12. The molecule has 0 aliphatic rings. The van der Waals surface area contributed by atoms with Gasteiger partial charge in [-0.25, -0.2) is 16.8 Å². The fourth-order valence-corrected chi connectivity index (χ4v) is 5.34. The summed E-state index contributed by atoms with van der Waals surface area (Å²) in [6.45, 7) is 0. The monoisotopic (exact) mass is 515 g/mol. The van der Waals surface area contributed by atoms with E-state index < -0.39 is 30.7 Å². The molecule has 13 heteroatoms. The van der Waals surface area contributed by atoms with Crippen LogP contribution in [0.3, 0.4) is 0 Å². The quantitative estimate of drug-likeness (QED) is 0.331. The van der Waals surface area contributed by atoms with Crippen molar-refractivity contribution in [1.82, 2.24) is 0 Å². The molecule has 3 aromatic carbocycles. The van der Waals surface area contributed by atoms with E-state index in [-0.39, 0.29) is 37.6 Å². The summed E-state index contributed by atoms with van der Waals surface area (Å²) in [6.07, 6.45) is 0. The normalized spacial score (nSPS) is 11.7. The van der Waals surface area contributed by atoms with Crippen molar-refractivity contribution in [2.75, 3.05) is 9.44 Å². The number of non-ortho nitro benzene ring substituents is 1. The zero-order chi connectivity index (χ0) is 23.5. The van der Waals surface area contributed by atoms with E-state index in [1.54, 1.807) is 0 Å². The van der Waals surface area contributed by atoms with E-state index in [0.717, 1.165) is 0 Å². The fraction of sp³-hybridized carbons (Fsp3) is 0.0526. The predicted molar refractivity (Wildman–Crippen MR) is 123 cm³/mol. The molecular weight excluding hydrogens is 501 g/mol. The maximum absolute atomic E-state index is 12.6. The molecule has 0 heterocycles. The topological polar surface area (TPSA) is 135 Å². The van der Waals surface area contributed by atoms with Crippen molar-refractivity contribution in [3.05, 3.63) is 92.5 Å². The van der Waals surface area contributed by atoms with E-state index in [4.69, 9.17) is 23.2 Å². The van der Waals surface area contributed by atoms with Crippen LogP contribution in [0.5, 0.6) is 0 Å². The smallest absolute Gasteiger partial charge is 0.269 e. The van der Waals surface area contributed by atoms with E-state index in [9.17, 15) is 26.9 Å². The van der Waals surface area contributed by atoms with Gasteiger partial charge in [0.25, 0.3) is 15.7 Å². The number of rotatable bonds is 8. The van der Waals surface area contributed by atoms with E-state index in [1.807, 2.05) is 0 Å². The van der Waals surface area contributed by atoms with Crippen molar-refractivity contribution >= 4 is 60.3 Å². The number of nitrogens with one attached hydrogen (secondary N) is 2. The Morgan fingerprint density at radius 3 is 2.19 bits per heavy atom. The molecule has 0 aliphatic heterocycles. The number of nitro benzene ring substituents is 1. The fourth-order valence-electron chi connectivity index (χ4n) is 2.68. The van der Waals surface area contributed by atoms with Gasteiger partial charge >= 0.3 is 0 Å². The highest BCUT2D eigenvalue weighted by molar-refractivity contribution is 7.92. The zero-order valence-electron chi connectivity index (χ0n) is 16.0. The maximum Gasteiger partial charge on any atom is 0.269 e. The second-order valence-electron chi connectivity index (χ2n) is 6.52. The van der Waals surface area contributed by atoms with Crippen molar-refractivity contribution in [2.24, 2.45) is 0 Å². The summed E-state index contributed by atoms with van der Waals surface area (Å²) in [5, 5.41) is 11.1. The highest BCUT2D eigenvalue weighted by Gasteiger charge is 2.18. The van der Waals surface area contributed by atoms with E-state index in [1.165, 1.54) is 66.7 Å². The summed E-state index contributed by atoms with van der Waals surface area (Å²) in [7, 11) is -7.92. The molecule has 0 unspecified atom stereocenters. The van der Waals surface area contributed by atoms with Crippen molar-refractivity contribution in [1.29, 1.82) is 0 Å². The van der Waals surface area contributed by atoms with Gasteiger partial charge in [-0.1, -0.05) is 41.4 Å². The van der Waals surface area contributed by atoms with Crippen LogP contribution in [0.25, 0.3) is 0 Å². The molecule has 0 fully saturated rings. The highest BCUT2D eigenvalue weighted by Crippen LogP contribution is 2.31. The maximum atomic E-state index is 12.6. The summed E-state index contributed by atoms with van der Waals surface area (Å²) >= 11 is 11.9. The summed E-state index contributed by atoms with van der Waals surface area (Å²) in [5.74, 6) is -0.496. The van der Waals surface area contributed by atoms with Crippen LogP contribution in [0.1, 0.15) is 5.56 Å². The van der Waals surface area contributed by atoms with Gasteiger partial charge in [0, 0.05) is 17.8 Å². The largest absolute Gasteiger partial charge is 0.283 e. The Balaban J connectivity index is 1.74. The third-order valence-corrected chi connectivity index (χ3v) is 7.57. The number of hydrogen-bond donors (Lipinski definition) is 2. The van der Waals surface area contributed by atoms with Crippen LogP contribution in [-0.4, -0.2) is 21.8 Å². The number of nitro groups is 1. The molecule has 9 nitrogen and oxygen atoms in total. The number of sulfonamides is 2. The Morgan fingerprint density at radius 2 is 1.53 bits per heavy atom. The minimum Gasteiger partial charge on any atom is -0.283 e. The Morgan fingerprint density at radius 1 is 0.875 bits per heavy atom. The van der Waals surface area contributed by atoms with Crippen LogP contribution in [0.15, 0.2) is 71.6 Å². The molecule has 0 saturated heterocycles. The zero-order valence-corrected chi connectivity index (χ0v) is 19.2. The molecule has 0 radical (unpaired) electrons. The first-order chi connectivity index (χ1) is 15.0. The van der Waals surface area contributed by atoms with Gasteiger partial charge in [0.15, 0.2) is 0 Å². The van der Waals surface area contributed by atoms with Gasteiger partial charge in [0.2, 0.25) is 10.0 Å². The van der Waals surface area contributed by atoms with E-state index >= 15 is 0 Å². The summed E-state index contributed by atoms with van der Waals surface area (Å²) in [5.41, 5.74) is 0.226. The molecule has 0 atom stereocenters. The van der Waals surface area contributed by atoms with Gasteiger partial charge in [0.05, 0.1) is 31.3 Å². The first-order valence-electron chi connectivity index (χ1n) is 8.77. The number of hydrogen-bond acceptors (Lipinski definition) is 6. The minimum atomic E-state index is -4.01. The Bertz CT molecular complexity index is 1380. The van der Waals surface area contributed by atoms with Crippen LogP contribution < -0.4 is 9.44 Å². The number of halogens is 2. The van der Waals surface area contributed by atoms with Gasteiger partial charge < -0.3 is 0 Å². The molecule has 0 aliphatic carbocycles. The molecule has 3 rings (SSSR count). The molecule has 0 saturated carbocycles. The van der Waals surface area contributed by atoms with Crippen LogP contribution in [0.4, 0.5) is 17.1 Å².